The lowest BCUT2D eigenvalue weighted by Crippen LogP contribution is -2.40. The summed E-state index contributed by atoms with van der Waals surface area (Å²) >= 11 is 0. The number of nitrogens with zero attached hydrogens (tertiary/aromatic N) is 1. The van der Waals surface area contributed by atoms with Crippen LogP contribution in [0.25, 0.3) is 0 Å². The number of carbonyl (C=O) groups is 1. The third kappa shape index (κ3) is 2.92. The molecule has 0 aromatic heterocycles. The van der Waals surface area contributed by atoms with Crippen LogP contribution in [-0.2, 0) is 4.74 Å². The second-order valence-corrected chi connectivity index (χ2v) is 3.71. The molecule has 2 N–H and O–H groups in total. The van der Waals surface area contributed by atoms with Gasteiger partial charge in [0.2, 0.25) is 0 Å². The largest absolute Gasteiger partial charge is 0.478 e. The van der Waals surface area contributed by atoms with Gasteiger partial charge in [-0.15, -0.1) is 0 Å². The van der Waals surface area contributed by atoms with Crippen molar-refractivity contribution < 1.29 is 19.0 Å². The van der Waals surface area contributed by atoms with Crippen molar-refractivity contribution in [2.75, 3.05) is 31.7 Å². The Labute approximate surface area is 97.8 Å². The second-order valence-electron chi connectivity index (χ2n) is 3.71. The molecular weight excluding hydrogens is 227 g/mol. The van der Waals surface area contributed by atoms with Gasteiger partial charge < -0.3 is 15.3 Å². The van der Waals surface area contributed by atoms with Crippen molar-refractivity contribution in [3.8, 4) is 0 Å². The first-order valence-electron chi connectivity index (χ1n) is 5.29. The molecule has 1 heterocycles. The minimum atomic E-state index is -1.15. The van der Waals surface area contributed by atoms with Gasteiger partial charge in [0.25, 0.3) is 0 Å². The Balaban J connectivity index is 2.16. The highest BCUT2D eigenvalue weighted by Gasteiger charge is 2.15. The van der Waals surface area contributed by atoms with Crippen LogP contribution >= 0.6 is 0 Å². The van der Waals surface area contributed by atoms with E-state index in [9.17, 15) is 9.18 Å². The number of carboxylic acid groups (broad SMARTS) is 1. The molecule has 1 aliphatic heterocycles. The summed E-state index contributed by atoms with van der Waals surface area (Å²) in [6, 6.07) is 3.66. The molecule has 0 radical (unpaired) electrons. The zero-order valence-electron chi connectivity index (χ0n) is 9.15. The van der Waals surface area contributed by atoms with E-state index < -0.39 is 11.8 Å². The van der Waals surface area contributed by atoms with E-state index >= 15 is 0 Å². The molecule has 0 bridgehead atoms. The van der Waals surface area contributed by atoms with E-state index in [1.54, 1.807) is 0 Å². The predicted octanol–water partition coefficient (Wildman–Crippen LogP) is 1.18. The van der Waals surface area contributed by atoms with Crippen LogP contribution in [0.1, 0.15) is 10.4 Å². The standard InChI is InChI=1S/C11H13FN2O3/c12-8-1-2-10(9(7-8)11(15)16)13-14-3-5-17-6-4-14/h1-2,7,13H,3-6H2,(H,15,16). The van der Waals surface area contributed by atoms with Crippen molar-refractivity contribution in [1.29, 1.82) is 0 Å². The van der Waals surface area contributed by atoms with Crippen molar-refractivity contribution in [2.24, 2.45) is 0 Å². The zero-order valence-corrected chi connectivity index (χ0v) is 9.15. The number of halogens is 1. The zero-order chi connectivity index (χ0) is 12.3. The number of nitrogens with one attached hydrogen (secondary N) is 1. The molecule has 0 amide bonds. The molecule has 0 unspecified atom stereocenters. The Morgan fingerprint density at radius 3 is 2.76 bits per heavy atom. The highest BCUT2D eigenvalue weighted by Crippen LogP contribution is 2.18. The number of morpholine rings is 1. The predicted molar refractivity (Wildman–Crippen MR) is 59.4 cm³/mol. The van der Waals surface area contributed by atoms with Crippen LogP contribution < -0.4 is 5.43 Å². The van der Waals surface area contributed by atoms with Gasteiger partial charge in [0.05, 0.1) is 24.5 Å². The Morgan fingerprint density at radius 2 is 2.12 bits per heavy atom. The van der Waals surface area contributed by atoms with Crippen molar-refractivity contribution in [1.82, 2.24) is 5.01 Å². The van der Waals surface area contributed by atoms with Crippen LogP contribution in [0.5, 0.6) is 0 Å². The topological polar surface area (TPSA) is 61.8 Å². The molecule has 1 aromatic rings. The lowest BCUT2D eigenvalue weighted by Gasteiger charge is -2.28. The van der Waals surface area contributed by atoms with Crippen molar-refractivity contribution >= 4 is 11.7 Å². The van der Waals surface area contributed by atoms with E-state index in [1.165, 1.54) is 12.1 Å². The SMILES string of the molecule is O=C(O)c1cc(F)ccc1NN1CCOCC1. The number of carboxylic acids is 1. The molecule has 1 fully saturated rings. The van der Waals surface area contributed by atoms with E-state index in [0.29, 0.717) is 32.0 Å². The van der Waals surface area contributed by atoms with E-state index in [4.69, 9.17) is 9.84 Å². The van der Waals surface area contributed by atoms with Gasteiger partial charge in [-0.1, -0.05) is 0 Å². The average Bonchev–Trinajstić information content (AvgIpc) is 2.32. The first kappa shape index (κ1) is 11.8. The maximum atomic E-state index is 13.0. The normalized spacial score (nSPS) is 16.8. The fourth-order valence-corrected chi connectivity index (χ4v) is 1.64. The molecule has 0 saturated carbocycles. The lowest BCUT2D eigenvalue weighted by atomic mass is 10.2. The van der Waals surface area contributed by atoms with E-state index in [1.807, 2.05) is 5.01 Å². The van der Waals surface area contributed by atoms with Crippen molar-refractivity contribution in [3.05, 3.63) is 29.6 Å². The third-order valence-corrected chi connectivity index (χ3v) is 2.50. The fraction of sp³-hybridized carbons (Fsp3) is 0.364. The van der Waals surface area contributed by atoms with Gasteiger partial charge in [-0.05, 0) is 18.2 Å². The molecule has 2 rings (SSSR count). The first-order valence-corrected chi connectivity index (χ1v) is 5.29. The highest BCUT2D eigenvalue weighted by molar-refractivity contribution is 5.94. The summed E-state index contributed by atoms with van der Waals surface area (Å²) in [4.78, 5) is 11.0. The van der Waals surface area contributed by atoms with Crippen molar-refractivity contribution in [3.63, 3.8) is 0 Å². The molecule has 0 spiro atoms. The monoisotopic (exact) mass is 240 g/mol. The summed E-state index contributed by atoms with van der Waals surface area (Å²) < 4.78 is 18.1. The maximum Gasteiger partial charge on any atom is 0.337 e. The lowest BCUT2D eigenvalue weighted by molar-refractivity contribution is 0.0495. The van der Waals surface area contributed by atoms with Gasteiger partial charge in [-0.25, -0.2) is 14.2 Å². The smallest absolute Gasteiger partial charge is 0.337 e. The Bertz CT molecular complexity index is 419. The number of hydrogen-bond donors (Lipinski definition) is 2. The number of ether oxygens (including phenoxy) is 1. The molecule has 1 saturated heterocycles. The molecule has 6 heteroatoms. The summed E-state index contributed by atoms with van der Waals surface area (Å²) in [7, 11) is 0. The number of hydrogen-bond acceptors (Lipinski definition) is 4. The molecule has 0 aliphatic carbocycles. The minimum Gasteiger partial charge on any atom is -0.478 e. The van der Waals surface area contributed by atoms with Gasteiger partial charge >= 0.3 is 5.97 Å². The van der Waals surface area contributed by atoms with Crippen LogP contribution in [0.2, 0.25) is 0 Å². The second kappa shape index (κ2) is 5.11. The highest BCUT2D eigenvalue weighted by atomic mass is 19.1. The van der Waals surface area contributed by atoms with Crippen LogP contribution in [-0.4, -0.2) is 42.4 Å². The molecule has 17 heavy (non-hydrogen) atoms. The molecule has 1 aromatic carbocycles. The van der Waals surface area contributed by atoms with Crippen molar-refractivity contribution in [2.45, 2.75) is 0 Å². The molecule has 92 valence electrons. The summed E-state index contributed by atoms with van der Waals surface area (Å²) in [5, 5.41) is 10.8. The molecule has 1 aliphatic rings. The average molecular weight is 240 g/mol. The van der Waals surface area contributed by atoms with E-state index in [0.717, 1.165) is 6.07 Å². The van der Waals surface area contributed by atoms with Crippen LogP contribution in [0, 0.1) is 5.82 Å². The van der Waals surface area contributed by atoms with Gasteiger partial charge in [-0.3, -0.25) is 0 Å². The van der Waals surface area contributed by atoms with Crippen LogP contribution in [0.15, 0.2) is 18.2 Å². The van der Waals surface area contributed by atoms with Gasteiger partial charge in [0.15, 0.2) is 0 Å². The van der Waals surface area contributed by atoms with Crippen LogP contribution in [0.4, 0.5) is 10.1 Å². The van der Waals surface area contributed by atoms with E-state index in [2.05, 4.69) is 5.43 Å². The number of aromatic carboxylic acids is 1. The first-order chi connectivity index (χ1) is 8.16. The quantitative estimate of drug-likeness (QED) is 0.830. The van der Waals surface area contributed by atoms with Gasteiger partial charge in [-0.2, -0.15) is 0 Å². The fourth-order valence-electron chi connectivity index (χ4n) is 1.64. The summed E-state index contributed by atoms with van der Waals surface area (Å²) in [6.07, 6.45) is 0. The Kier molecular flexibility index (Phi) is 3.55. The summed E-state index contributed by atoms with van der Waals surface area (Å²) in [6.45, 7) is 2.51. The minimum absolute atomic E-state index is 0.0727. The maximum absolute atomic E-state index is 13.0. The third-order valence-electron chi connectivity index (χ3n) is 2.50. The summed E-state index contributed by atoms with van der Waals surface area (Å²) in [5.74, 6) is -1.71. The molecule has 0 atom stereocenters. The number of rotatable bonds is 3. The molecule has 5 nitrogen and oxygen atoms in total. The Morgan fingerprint density at radius 1 is 1.41 bits per heavy atom. The number of hydrazine groups is 1. The Hall–Kier alpha value is -1.66. The van der Waals surface area contributed by atoms with Gasteiger partial charge in [0.1, 0.15) is 5.82 Å². The number of benzene rings is 1. The molecular formula is C11H13FN2O3. The summed E-state index contributed by atoms with van der Waals surface area (Å²) in [5.41, 5.74) is 3.28. The van der Waals surface area contributed by atoms with Crippen LogP contribution in [0.3, 0.4) is 0 Å². The number of anilines is 1. The van der Waals surface area contributed by atoms with E-state index in [-0.39, 0.29) is 5.56 Å². The van der Waals surface area contributed by atoms with Gasteiger partial charge in [0, 0.05) is 13.1 Å².